The molecule has 0 spiro atoms. The van der Waals surface area contributed by atoms with Gasteiger partial charge in [-0.2, -0.15) is 0 Å². The highest BCUT2D eigenvalue weighted by Gasteiger charge is 2.40. The number of hydrogen-bond acceptors (Lipinski definition) is 3. The largest absolute Gasteiger partial charge is 0.416 e. The molecule has 0 aromatic heterocycles. The Morgan fingerprint density at radius 3 is 2.45 bits per heavy atom. The number of ether oxygens (including phenoxy) is 2. The van der Waals surface area contributed by atoms with Crippen molar-refractivity contribution in [3.8, 4) is 0 Å². The molecule has 0 aromatic rings. The third kappa shape index (κ3) is 4.69. The highest BCUT2D eigenvalue weighted by Crippen LogP contribution is 2.37. The van der Waals surface area contributed by atoms with E-state index in [-0.39, 0.29) is 17.1 Å². The van der Waals surface area contributed by atoms with Gasteiger partial charge in [-0.3, -0.25) is 0 Å². The van der Waals surface area contributed by atoms with E-state index < -0.39 is 14.1 Å². The zero-order chi connectivity index (χ0) is 15.6. The van der Waals surface area contributed by atoms with Gasteiger partial charge in [-0.25, -0.2) is 0 Å². The predicted octanol–water partition coefficient (Wildman–Crippen LogP) is 4.35. The van der Waals surface area contributed by atoms with Gasteiger partial charge in [0.1, 0.15) is 0 Å². The lowest BCUT2D eigenvalue weighted by atomic mass is 9.99. The molecule has 0 aromatic carbocycles. The maximum Gasteiger partial charge on any atom is 0.191 e. The molecule has 0 N–H and O–H groups in total. The van der Waals surface area contributed by atoms with E-state index in [9.17, 15) is 0 Å². The van der Waals surface area contributed by atoms with Crippen molar-refractivity contribution in [2.45, 2.75) is 71.1 Å². The summed E-state index contributed by atoms with van der Waals surface area (Å²) in [5, 5.41) is 0.233. The molecule has 0 radical (unpaired) electrons. The predicted molar refractivity (Wildman–Crippen MR) is 86.4 cm³/mol. The summed E-state index contributed by atoms with van der Waals surface area (Å²) in [6.07, 6.45) is 2.91. The van der Waals surface area contributed by atoms with Crippen LogP contribution in [0.1, 0.15) is 41.0 Å². The average Bonchev–Trinajstić information content (AvgIpc) is 2.26. The van der Waals surface area contributed by atoms with Crippen LogP contribution in [0.2, 0.25) is 18.1 Å². The first-order valence-electron chi connectivity index (χ1n) is 7.55. The van der Waals surface area contributed by atoms with Crippen LogP contribution in [0.5, 0.6) is 0 Å². The van der Waals surface area contributed by atoms with Crippen LogP contribution in [0.3, 0.4) is 0 Å². The molecule has 1 rings (SSSR count). The summed E-state index contributed by atoms with van der Waals surface area (Å²) in [6, 6.07) is 0. The van der Waals surface area contributed by atoms with Gasteiger partial charge < -0.3 is 13.9 Å². The van der Waals surface area contributed by atoms with Crippen LogP contribution in [-0.2, 0) is 13.9 Å². The molecule has 0 bridgehead atoms. The Morgan fingerprint density at radius 1 is 1.35 bits per heavy atom. The van der Waals surface area contributed by atoms with Crippen molar-refractivity contribution in [3.05, 3.63) is 12.7 Å². The minimum atomic E-state index is -1.71. The van der Waals surface area contributed by atoms with Gasteiger partial charge in [-0.05, 0) is 38.4 Å². The normalized spacial score (nSPS) is 27.4. The molecule has 1 fully saturated rings. The Hall–Kier alpha value is -0.163. The van der Waals surface area contributed by atoms with Gasteiger partial charge in [-0.1, -0.05) is 26.8 Å². The first-order chi connectivity index (χ1) is 8.98. The van der Waals surface area contributed by atoms with Crippen molar-refractivity contribution in [1.82, 2.24) is 0 Å². The quantitative estimate of drug-likeness (QED) is 0.558. The minimum absolute atomic E-state index is 0.140. The van der Waals surface area contributed by atoms with Crippen LogP contribution in [0.25, 0.3) is 0 Å². The average molecular weight is 301 g/mol. The molecule has 4 heteroatoms. The molecule has 1 heterocycles. The Balaban J connectivity index is 2.64. The van der Waals surface area contributed by atoms with Gasteiger partial charge in [0.05, 0.1) is 12.7 Å². The third-order valence-corrected chi connectivity index (χ3v) is 8.97. The van der Waals surface area contributed by atoms with Crippen LogP contribution in [0, 0.1) is 5.92 Å². The van der Waals surface area contributed by atoms with Gasteiger partial charge in [0.25, 0.3) is 0 Å². The Kier molecular flexibility index (Phi) is 5.64. The molecule has 118 valence electrons. The molecule has 0 saturated carbocycles. The van der Waals surface area contributed by atoms with Gasteiger partial charge >= 0.3 is 0 Å². The van der Waals surface area contributed by atoms with E-state index in [0.29, 0.717) is 13.2 Å². The molecule has 1 aliphatic rings. The van der Waals surface area contributed by atoms with Gasteiger partial charge in [0.15, 0.2) is 14.1 Å². The van der Waals surface area contributed by atoms with Crippen molar-refractivity contribution >= 4 is 8.32 Å². The molecule has 20 heavy (non-hydrogen) atoms. The smallest absolute Gasteiger partial charge is 0.191 e. The van der Waals surface area contributed by atoms with Crippen molar-refractivity contribution in [3.63, 3.8) is 0 Å². The lowest BCUT2D eigenvalue weighted by Gasteiger charge is -2.43. The zero-order valence-electron chi connectivity index (χ0n) is 14.3. The molecule has 3 nitrogen and oxygen atoms in total. The monoisotopic (exact) mass is 300 g/mol. The zero-order valence-corrected chi connectivity index (χ0v) is 15.3. The first kappa shape index (κ1) is 17.9. The number of rotatable bonds is 5. The van der Waals surface area contributed by atoms with Crippen LogP contribution in [0.15, 0.2) is 12.7 Å². The van der Waals surface area contributed by atoms with Gasteiger partial charge in [-0.15, -0.1) is 6.58 Å². The van der Waals surface area contributed by atoms with E-state index in [0.717, 1.165) is 6.42 Å². The summed E-state index contributed by atoms with van der Waals surface area (Å²) >= 11 is 0. The summed E-state index contributed by atoms with van der Waals surface area (Å²) in [6.45, 7) is 20.5. The van der Waals surface area contributed by atoms with E-state index in [1.807, 2.05) is 19.9 Å². The Bertz CT molecular complexity index is 331. The molecule has 0 unspecified atom stereocenters. The van der Waals surface area contributed by atoms with Crippen LogP contribution in [-0.4, -0.2) is 33.4 Å². The third-order valence-electron chi connectivity index (χ3n) is 4.47. The molecule has 2 atom stereocenters. The second kappa shape index (κ2) is 6.30. The lowest BCUT2D eigenvalue weighted by molar-refractivity contribution is -0.294. The fourth-order valence-electron chi connectivity index (χ4n) is 2.00. The van der Waals surface area contributed by atoms with E-state index in [1.165, 1.54) is 0 Å². The van der Waals surface area contributed by atoms with E-state index in [1.54, 1.807) is 0 Å². The summed E-state index contributed by atoms with van der Waals surface area (Å²) in [7, 11) is -1.71. The highest BCUT2D eigenvalue weighted by atomic mass is 28.4. The Morgan fingerprint density at radius 2 is 1.95 bits per heavy atom. The standard InChI is InChI=1S/C16H32O3Si/c1-9-10-14-13(11-17-16(5,6)19-14)12-18-20(7,8)15(2,3)4/h9,13-14H,1,10-12H2,2-8H3/t13-,14-/m1/s1. The van der Waals surface area contributed by atoms with E-state index in [4.69, 9.17) is 13.9 Å². The molecular weight excluding hydrogens is 268 g/mol. The molecular formula is C16H32O3Si. The summed E-state index contributed by atoms with van der Waals surface area (Å²) in [4.78, 5) is 0. The lowest BCUT2D eigenvalue weighted by Crippen LogP contribution is -2.49. The highest BCUT2D eigenvalue weighted by molar-refractivity contribution is 6.74. The minimum Gasteiger partial charge on any atom is -0.416 e. The van der Waals surface area contributed by atoms with Crippen LogP contribution < -0.4 is 0 Å². The second-order valence-corrected chi connectivity index (χ2v) is 12.5. The van der Waals surface area contributed by atoms with Crippen LogP contribution in [0.4, 0.5) is 0 Å². The maximum atomic E-state index is 6.32. The summed E-state index contributed by atoms with van der Waals surface area (Å²) in [5.74, 6) is -0.212. The molecule has 1 saturated heterocycles. The van der Waals surface area contributed by atoms with Gasteiger partial charge in [0.2, 0.25) is 0 Å². The first-order valence-corrected chi connectivity index (χ1v) is 10.5. The van der Waals surface area contributed by atoms with Crippen molar-refractivity contribution in [2.24, 2.45) is 5.92 Å². The molecule has 0 amide bonds. The van der Waals surface area contributed by atoms with Crippen molar-refractivity contribution in [2.75, 3.05) is 13.2 Å². The Labute approximate surface area is 125 Å². The van der Waals surface area contributed by atoms with E-state index in [2.05, 4.69) is 40.4 Å². The van der Waals surface area contributed by atoms with Crippen LogP contribution >= 0.6 is 0 Å². The fourth-order valence-corrected chi connectivity index (χ4v) is 3.07. The van der Waals surface area contributed by atoms with Crippen molar-refractivity contribution < 1.29 is 13.9 Å². The fraction of sp³-hybridized carbons (Fsp3) is 0.875. The van der Waals surface area contributed by atoms with E-state index >= 15 is 0 Å². The topological polar surface area (TPSA) is 27.7 Å². The molecule has 1 aliphatic heterocycles. The summed E-state index contributed by atoms with van der Waals surface area (Å²) in [5.41, 5.74) is 0. The second-order valence-electron chi connectivity index (χ2n) is 7.72. The number of hydrogen-bond donors (Lipinski definition) is 0. The SMILES string of the molecule is C=CC[C@H]1OC(C)(C)OC[C@@H]1CO[Si](C)(C)C(C)(C)C. The maximum absolute atomic E-state index is 6.32. The van der Waals surface area contributed by atoms with Gasteiger partial charge in [0, 0.05) is 12.5 Å². The van der Waals surface area contributed by atoms with Crippen molar-refractivity contribution in [1.29, 1.82) is 0 Å². The summed E-state index contributed by atoms with van der Waals surface area (Å²) < 4.78 is 18.1. The molecule has 0 aliphatic carbocycles.